The van der Waals surface area contributed by atoms with Crippen LogP contribution < -0.4 is 5.32 Å². The molecule has 0 saturated carbocycles. The summed E-state index contributed by atoms with van der Waals surface area (Å²) in [5.41, 5.74) is 0.219. The summed E-state index contributed by atoms with van der Waals surface area (Å²) in [6.07, 6.45) is -0.366. The Kier molecular flexibility index (Phi) is 6.03. The van der Waals surface area contributed by atoms with Crippen LogP contribution in [0.2, 0.25) is 5.02 Å². The average Bonchev–Trinajstić information content (AvgIpc) is 2.37. The lowest BCUT2D eigenvalue weighted by molar-refractivity contribution is -0.143. The number of carbonyl (C=O) groups is 2. The van der Waals surface area contributed by atoms with Crippen molar-refractivity contribution in [1.29, 1.82) is 0 Å². The van der Waals surface area contributed by atoms with Gasteiger partial charge in [0, 0.05) is 11.4 Å². The van der Waals surface area contributed by atoms with Crippen LogP contribution in [0.4, 0.5) is 4.79 Å². The molecule has 1 N–H and O–H groups in total. The van der Waals surface area contributed by atoms with Crippen molar-refractivity contribution in [3.05, 3.63) is 34.9 Å². The maximum Gasteiger partial charge on any atom is 0.408 e. The molecule has 6 heteroatoms. The number of rotatable bonds is 4. The van der Waals surface area contributed by atoms with Crippen LogP contribution >= 0.6 is 11.6 Å². The van der Waals surface area contributed by atoms with Gasteiger partial charge in [-0.3, -0.25) is 0 Å². The summed E-state index contributed by atoms with van der Waals surface area (Å²) in [6, 6.07) is 6.20. The van der Waals surface area contributed by atoms with Crippen molar-refractivity contribution in [3.8, 4) is 0 Å². The van der Waals surface area contributed by atoms with Crippen LogP contribution in [0.25, 0.3) is 0 Å². The highest BCUT2D eigenvalue weighted by Gasteiger charge is 2.25. The molecule has 21 heavy (non-hydrogen) atoms. The van der Waals surface area contributed by atoms with E-state index in [1.165, 1.54) is 7.11 Å². The first-order valence-electron chi connectivity index (χ1n) is 6.53. The van der Waals surface area contributed by atoms with Gasteiger partial charge in [-0.15, -0.1) is 0 Å². The number of hydrogen-bond donors (Lipinski definition) is 1. The number of halogens is 1. The highest BCUT2D eigenvalue weighted by molar-refractivity contribution is 6.30. The standard InChI is InChI=1S/C15H20ClNO4/c1-15(2,3)21-14(19)17-12(13(18)20-4)9-10-5-7-11(16)8-6-10/h5-8,12H,9H2,1-4H3,(H,17,19)/t12-/m1/s1. The second-order valence-electron chi connectivity index (χ2n) is 5.55. The van der Waals surface area contributed by atoms with E-state index in [2.05, 4.69) is 5.32 Å². The Morgan fingerprint density at radius 2 is 1.81 bits per heavy atom. The van der Waals surface area contributed by atoms with Crippen molar-refractivity contribution in [2.24, 2.45) is 0 Å². The zero-order valence-electron chi connectivity index (χ0n) is 12.6. The highest BCUT2D eigenvalue weighted by atomic mass is 35.5. The molecule has 0 unspecified atom stereocenters. The molecule has 0 spiro atoms. The van der Waals surface area contributed by atoms with Crippen molar-refractivity contribution in [2.75, 3.05) is 7.11 Å². The summed E-state index contributed by atoms with van der Waals surface area (Å²) in [5.74, 6) is -0.532. The Balaban J connectivity index is 2.74. The Hall–Kier alpha value is -1.75. The van der Waals surface area contributed by atoms with Gasteiger partial charge in [-0.2, -0.15) is 0 Å². The molecule has 0 fully saturated rings. The number of alkyl carbamates (subject to hydrolysis) is 1. The fourth-order valence-corrected chi connectivity index (χ4v) is 1.77. The van der Waals surface area contributed by atoms with Crippen molar-refractivity contribution in [3.63, 3.8) is 0 Å². The summed E-state index contributed by atoms with van der Waals surface area (Å²) in [5, 5.41) is 3.12. The average molecular weight is 314 g/mol. The molecule has 0 aliphatic heterocycles. The van der Waals surface area contributed by atoms with Gasteiger partial charge in [-0.1, -0.05) is 23.7 Å². The lowest BCUT2D eigenvalue weighted by Crippen LogP contribution is -2.45. The second-order valence-corrected chi connectivity index (χ2v) is 5.99. The maximum absolute atomic E-state index is 11.8. The van der Waals surface area contributed by atoms with E-state index in [0.29, 0.717) is 11.4 Å². The fourth-order valence-electron chi connectivity index (χ4n) is 1.64. The molecular formula is C15H20ClNO4. The molecule has 1 atom stereocenters. The normalized spacial score (nSPS) is 12.4. The quantitative estimate of drug-likeness (QED) is 0.868. The van der Waals surface area contributed by atoms with Crippen LogP contribution in [0, 0.1) is 0 Å². The largest absolute Gasteiger partial charge is 0.467 e. The minimum atomic E-state index is -0.814. The summed E-state index contributed by atoms with van der Waals surface area (Å²) in [7, 11) is 1.27. The first-order valence-corrected chi connectivity index (χ1v) is 6.91. The van der Waals surface area contributed by atoms with Crippen molar-refractivity contribution in [2.45, 2.75) is 38.8 Å². The third kappa shape index (κ3) is 6.49. The van der Waals surface area contributed by atoms with E-state index in [1.807, 2.05) is 0 Å². The van der Waals surface area contributed by atoms with E-state index >= 15 is 0 Å². The van der Waals surface area contributed by atoms with Gasteiger partial charge in [0.25, 0.3) is 0 Å². The summed E-state index contributed by atoms with van der Waals surface area (Å²) in [4.78, 5) is 23.5. The van der Waals surface area contributed by atoms with E-state index in [0.717, 1.165) is 5.56 Å². The molecular weight excluding hydrogens is 294 g/mol. The molecule has 1 amide bonds. The molecule has 1 aromatic rings. The Morgan fingerprint density at radius 3 is 2.29 bits per heavy atom. The molecule has 1 rings (SSSR count). The topological polar surface area (TPSA) is 64.6 Å². The first kappa shape index (κ1) is 17.3. The van der Waals surface area contributed by atoms with Gasteiger partial charge in [-0.05, 0) is 38.5 Å². The lowest BCUT2D eigenvalue weighted by atomic mass is 10.1. The minimum Gasteiger partial charge on any atom is -0.467 e. The van der Waals surface area contributed by atoms with Gasteiger partial charge in [0.05, 0.1) is 7.11 Å². The third-order valence-electron chi connectivity index (χ3n) is 2.53. The van der Waals surface area contributed by atoms with Gasteiger partial charge in [0.1, 0.15) is 11.6 Å². The molecule has 5 nitrogen and oxygen atoms in total. The summed E-state index contributed by atoms with van der Waals surface area (Å²) >= 11 is 5.81. The summed E-state index contributed by atoms with van der Waals surface area (Å²) < 4.78 is 9.84. The van der Waals surface area contributed by atoms with E-state index in [9.17, 15) is 9.59 Å². The van der Waals surface area contributed by atoms with Gasteiger partial charge < -0.3 is 14.8 Å². The molecule has 0 aromatic heterocycles. The van der Waals surface area contributed by atoms with E-state index in [4.69, 9.17) is 21.1 Å². The predicted octanol–water partition coefficient (Wildman–Crippen LogP) is 2.95. The summed E-state index contributed by atoms with van der Waals surface area (Å²) in [6.45, 7) is 5.25. The molecule has 0 aliphatic rings. The number of hydrogen-bond acceptors (Lipinski definition) is 4. The third-order valence-corrected chi connectivity index (χ3v) is 2.78. The molecule has 116 valence electrons. The van der Waals surface area contributed by atoms with Crippen molar-refractivity contribution < 1.29 is 19.1 Å². The van der Waals surface area contributed by atoms with E-state index in [-0.39, 0.29) is 0 Å². The Bertz CT molecular complexity index is 493. The monoisotopic (exact) mass is 313 g/mol. The molecule has 0 saturated heterocycles. The fraction of sp³-hybridized carbons (Fsp3) is 0.467. The minimum absolute atomic E-state index is 0.295. The van der Waals surface area contributed by atoms with E-state index in [1.54, 1.807) is 45.0 Å². The number of benzene rings is 1. The molecule has 0 radical (unpaired) electrons. The van der Waals surface area contributed by atoms with Crippen molar-refractivity contribution >= 4 is 23.7 Å². The molecule has 1 aromatic carbocycles. The number of esters is 1. The van der Waals surface area contributed by atoms with Crippen LogP contribution in [0.15, 0.2) is 24.3 Å². The SMILES string of the molecule is COC(=O)[C@@H](Cc1ccc(Cl)cc1)NC(=O)OC(C)(C)C. The number of carbonyl (C=O) groups excluding carboxylic acids is 2. The van der Waals surface area contributed by atoms with Gasteiger partial charge >= 0.3 is 12.1 Å². The zero-order chi connectivity index (χ0) is 16.0. The van der Waals surface area contributed by atoms with Gasteiger partial charge in [0.2, 0.25) is 0 Å². The van der Waals surface area contributed by atoms with Crippen LogP contribution in [-0.4, -0.2) is 30.8 Å². The van der Waals surface area contributed by atoms with Crippen LogP contribution in [-0.2, 0) is 20.7 Å². The second kappa shape index (κ2) is 7.31. The number of methoxy groups -OCH3 is 1. The number of amides is 1. The Labute approximate surface area is 129 Å². The molecule has 0 bridgehead atoms. The smallest absolute Gasteiger partial charge is 0.408 e. The zero-order valence-corrected chi connectivity index (χ0v) is 13.4. The predicted molar refractivity (Wildman–Crippen MR) is 80.3 cm³/mol. The highest BCUT2D eigenvalue weighted by Crippen LogP contribution is 2.12. The lowest BCUT2D eigenvalue weighted by Gasteiger charge is -2.22. The van der Waals surface area contributed by atoms with Gasteiger partial charge in [-0.25, -0.2) is 9.59 Å². The Morgan fingerprint density at radius 1 is 1.24 bits per heavy atom. The van der Waals surface area contributed by atoms with Crippen LogP contribution in [0.3, 0.4) is 0 Å². The molecule has 0 heterocycles. The van der Waals surface area contributed by atoms with Crippen LogP contribution in [0.5, 0.6) is 0 Å². The van der Waals surface area contributed by atoms with Crippen LogP contribution in [0.1, 0.15) is 26.3 Å². The van der Waals surface area contributed by atoms with E-state index < -0.39 is 23.7 Å². The number of ether oxygens (including phenoxy) is 2. The number of nitrogens with one attached hydrogen (secondary N) is 1. The molecule has 0 aliphatic carbocycles. The first-order chi connectivity index (χ1) is 9.71. The maximum atomic E-state index is 11.8. The van der Waals surface area contributed by atoms with Gasteiger partial charge in [0.15, 0.2) is 0 Å². The van der Waals surface area contributed by atoms with Crippen molar-refractivity contribution in [1.82, 2.24) is 5.32 Å².